The molecule has 9 nitrogen and oxygen atoms in total. The van der Waals surface area contributed by atoms with Gasteiger partial charge < -0.3 is 14.8 Å². The van der Waals surface area contributed by atoms with Crippen molar-refractivity contribution in [1.82, 2.24) is 14.3 Å². The van der Waals surface area contributed by atoms with E-state index in [1.54, 1.807) is 18.2 Å². The number of hydrogen-bond donors (Lipinski definition) is 2. The summed E-state index contributed by atoms with van der Waals surface area (Å²) in [6.45, 7) is 0.445. The number of fused-ring (bicyclic) bond motifs is 1. The molecule has 0 saturated carbocycles. The van der Waals surface area contributed by atoms with E-state index in [9.17, 15) is 23.6 Å². The van der Waals surface area contributed by atoms with Crippen LogP contribution in [0.25, 0.3) is 16.6 Å². The first-order valence-corrected chi connectivity index (χ1v) is 12.4. The number of carbonyl (C=O) groups excluding carboxylic acids is 1. The summed E-state index contributed by atoms with van der Waals surface area (Å²) >= 11 is 0. The molecule has 1 fully saturated rings. The van der Waals surface area contributed by atoms with Crippen LogP contribution in [0.4, 0.5) is 0 Å². The van der Waals surface area contributed by atoms with Crippen molar-refractivity contribution in [2.24, 2.45) is 0 Å². The van der Waals surface area contributed by atoms with Gasteiger partial charge in [-0.1, -0.05) is 25.0 Å². The Hall–Kier alpha value is -3.68. The minimum absolute atomic E-state index is 0.116. The molecular formula is C24H24N4O5S. The van der Waals surface area contributed by atoms with E-state index in [4.69, 9.17) is 4.74 Å². The van der Waals surface area contributed by atoms with Crippen LogP contribution in [-0.4, -0.2) is 53.5 Å². The highest BCUT2D eigenvalue weighted by molar-refractivity contribution is 7.89. The summed E-state index contributed by atoms with van der Waals surface area (Å²) < 4.78 is 32.4. The van der Waals surface area contributed by atoms with E-state index >= 15 is 0 Å². The SMILES string of the molecule is N#CC(=C(O)COC(=O)c1ccc(S(=O)(=O)N2CCCCCC2)cc1)c1nc2ccccc2[nH]1. The van der Waals surface area contributed by atoms with Gasteiger partial charge in [0.2, 0.25) is 10.0 Å². The molecule has 34 heavy (non-hydrogen) atoms. The number of imidazole rings is 1. The molecular weight excluding hydrogens is 456 g/mol. The van der Waals surface area contributed by atoms with Crippen molar-refractivity contribution >= 4 is 32.6 Å². The second-order valence-corrected chi connectivity index (χ2v) is 9.89. The topological polar surface area (TPSA) is 136 Å². The van der Waals surface area contributed by atoms with Crippen LogP contribution in [0, 0.1) is 11.3 Å². The predicted molar refractivity (Wildman–Crippen MR) is 125 cm³/mol. The molecule has 0 atom stereocenters. The predicted octanol–water partition coefficient (Wildman–Crippen LogP) is 3.78. The zero-order valence-electron chi connectivity index (χ0n) is 18.4. The van der Waals surface area contributed by atoms with Crippen LogP contribution < -0.4 is 0 Å². The molecule has 0 amide bonds. The van der Waals surface area contributed by atoms with E-state index in [0.717, 1.165) is 25.7 Å². The van der Waals surface area contributed by atoms with E-state index < -0.39 is 28.4 Å². The van der Waals surface area contributed by atoms with Crippen molar-refractivity contribution in [2.45, 2.75) is 30.6 Å². The molecule has 1 saturated heterocycles. The van der Waals surface area contributed by atoms with Gasteiger partial charge in [0, 0.05) is 13.1 Å². The quantitative estimate of drug-likeness (QED) is 0.311. The van der Waals surface area contributed by atoms with Gasteiger partial charge in [-0.05, 0) is 49.2 Å². The molecule has 4 rings (SSSR count). The molecule has 1 aliphatic heterocycles. The highest BCUT2D eigenvalue weighted by Crippen LogP contribution is 2.22. The van der Waals surface area contributed by atoms with Crippen LogP contribution in [0.5, 0.6) is 0 Å². The van der Waals surface area contributed by atoms with E-state index in [-0.39, 0.29) is 21.9 Å². The van der Waals surface area contributed by atoms with Crippen LogP contribution in [0.15, 0.2) is 59.2 Å². The summed E-state index contributed by atoms with van der Waals surface area (Å²) in [5, 5.41) is 19.8. The van der Waals surface area contributed by atoms with Gasteiger partial charge in [-0.2, -0.15) is 9.57 Å². The molecule has 1 aliphatic rings. The highest BCUT2D eigenvalue weighted by Gasteiger charge is 2.25. The lowest BCUT2D eigenvalue weighted by Gasteiger charge is -2.20. The second-order valence-electron chi connectivity index (χ2n) is 7.95. The van der Waals surface area contributed by atoms with Gasteiger partial charge >= 0.3 is 5.97 Å². The molecule has 0 unspecified atom stereocenters. The number of esters is 1. The summed E-state index contributed by atoms with van der Waals surface area (Å²) in [7, 11) is -3.62. The number of aromatic nitrogens is 2. The zero-order chi connectivity index (χ0) is 24.1. The Labute approximate surface area is 197 Å². The Morgan fingerprint density at radius 2 is 1.76 bits per heavy atom. The number of nitrogens with zero attached hydrogens (tertiary/aromatic N) is 3. The van der Waals surface area contributed by atoms with Gasteiger partial charge in [-0.25, -0.2) is 18.2 Å². The summed E-state index contributed by atoms with van der Waals surface area (Å²) in [6, 6.07) is 14.5. The lowest BCUT2D eigenvalue weighted by atomic mass is 10.2. The Bertz CT molecular complexity index is 1330. The molecule has 10 heteroatoms. The number of hydrogen-bond acceptors (Lipinski definition) is 7. The van der Waals surface area contributed by atoms with Gasteiger partial charge in [0.25, 0.3) is 0 Å². The maximum atomic E-state index is 12.9. The van der Waals surface area contributed by atoms with Crippen molar-refractivity contribution < 1.29 is 23.1 Å². The smallest absolute Gasteiger partial charge is 0.338 e. The van der Waals surface area contributed by atoms with Crippen molar-refractivity contribution in [3.63, 3.8) is 0 Å². The maximum Gasteiger partial charge on any atom is 0.338 e. The van der Waals surface area contributed by atoms with Crippen LogP contribution in [0.1, 0.15) is 41.9 Å². The number of nitriles is 1. The molecule has 0 radical (unpaired) electrons. The first-order valence-electron chi connectivity index (χ1n) is 10.9. The molecule has 2 N–H and O–H groups in total. The fraction of sp³-hybridized carbons (Fsp3) is 0.292. The van der Waals surface area contributed by atoms with E-state index in [1.165, 1.54) is 28.6 Å². The lowest BCUT2D eigenvalue weighted by molar-refractivity contribution is 0.0502. The Balaban J connectivity index is 1.44. The fourth-order valence-corrected chi connectivity index (χ4v) is 5.33. The van der Waals surface area contributed by atoms with Gasteiger partial charge in [0.15, 0.2) is 11.6 Å². The number of aliphatic hydroxyl groups is 1. The third-order valence-electron chi connectivity index (χ3n) is 5.66. The van der Waals surface area contributed by atoms with Crippen LogP contribution >= 0.6 is 0 Å². The number of para-hydroxylation sites is 2. The van der Waals surface area contributed by atoms with Crippen LogP contribution in [0.3, 0.4) is 0 Å². The highest BCUT2D eigenvalue weighted by atomic mass is 32.2. The molecule has 0 spiro atoms. The average Bonchev–Trinajstić information content (AvgIpc) is 3.07. The summed E-state index contributed by atoms with van der Waals surface area (Å²) in [5.41, 5.74) is 1.32. The zero-order valence-corrected chi connectivity index (χ0v) is 19.2. The minimum Gasteiger partial charge on any atom is -0.507 e. The Morgan fingerprint density at radius 3 is 2.41 bits per heavy atom. The number of allylic oxidation sites excluding steroid dienone is 1. The first-order chi connectivity index (χ1) is 16.4. The second kappa shape index (κ2) is 10.1. The largest absolute Gasteiger partial charge is 0.507 e. The lowest BCUT2D eigenvalue weighted by Crippen LogP contribution is -2.31. The van der Waals surface area contributed by atoms with Crippen LogP contribution in [-0.2, 0) is 14.8 Å². The number of carbonyl (C=O) groups is 1. The van der Waals surface area contributed by atoms with Gasteiger partial charge in [0.05, 0.1) is 21.5 Å². The van der Waals surface area contributed by atoms with Gasteiger partial charge in [0.1, 0.15) is 18.2 Å². The van der Waals surface area contributed by atoms with Crippen molar-refractivity contribution in [2.75, 3.05) is 19.7 Å². The molecule has 176 valence electrons. The average molecular weight is 481 g/mol. The van der Waals surface area contributed by atoms with Crippen molar-refractivity contribution in [1.29, 1.82) is 5.26 Å². The Kier molecular flexibility index (Phi) is 6.95. The number of sulfonamides is 1. The number of aliphatic hydroxyl groups excluding tert-OH is 1. The number of rotatable bonds is 6. The summed E-state index contributed by atoms with van der Waals surface area (Å²) in [6.07, 6.45) is 3.70. The van der Waals surface area contributed by atoms with E-state index in [0.29, 0.717) is 24.1 Å². The third-order valence-corrected chi connectivity index (χ3v) is 7.57. The molecule has 2 heterocycles. The Morgan fingerprint density at radius 1 is 1.09 bits per heavy atom. The van der Waals surface area contributed by atoms with Crippen molar-refractivity contribution in [3.8, 4) is 6.07 Å². The molecule has 3 aromatic rings. The number of aromatic amines is 1. The number of benzene rings is 2. The molecule has 0 aliphatic carbocycles. The standard InChI is InChI=1S/C24H24N4O5S/c25-15-19(23-26-20-7-3-4-8-21(20)27-23)22(29)16-33-24(30)17-9-11-18(12-10-17)34(31,32)28-13-5-1-2-6-14-28/h3-4,7-12,29H,1-2,5-6,13-14,16H2,(H,26,27). The normalized spacial score (nSPS) is 15.9. The molecule has 2 aromatic carbocycles. The fourth-order valence-electron chi connectivity index (χ4n) is 3.81. The summed E-state index contributed by atoms with van der Waals surface area (Å²) in [5.74, 6) is -1.04. The van der Waals surface area contributed by atoms with E-state index in [1.807, 2.05) is 12.1 Å². The number of H-pyrrole nitrogens is 1. The third kappa shape index (κ3) is 4.95. The number of nitrogens with one attached hydrogen (secondary N) is 1. The molecule has 0 bridgehead atoms. The van der Waals surface area contributed by atoms with Crippen LogP contribution in [0.2, 0.25) is 0 Å². The van der Waals surface area contributed by atoms with Gasteiger partial charge in [-0.15, -0.1) is 0 Å². The monoisotopic (exact) mass is 480 g/mol. The number of ether oxygens (including phenoxy) is 1. The summed E-state index contributed by atoms with van der Waals surface area (Å²) in [4.78, 5) is 19.8. The maximum absolute atomic E-state index is 12.9. The first kappa shape index (κ1) is 23.5. The molecule has 1 aromatic heterocycles. The minimum atomic E-state index is -3.62. The van der Waals surface area contributed by atoms with E-state index in [2.05, 4.69) is 9.97 Å². The van der Waals surface area contributed by atoms with Crippen molar-refractivity contribution in [3.05, 3.63) is 65.7 Å². The van der Waals surface area contributed by atoms with Gasteiger partial charge in [-0.3, -0.25) is 0 Å².